The Morgan fingerprint density at radius 2 is 2.25 bits per heavy atom. The highest BCUT2D eigenvalue weighted by molar-refractivity contribution is 7.99. The van der Waals surface area contributed by atoms with E-state index in [0.29, 0.717) is 25.4 Å². The largest absolute Gasteiger partial charge is 0.481 e. The van der Waals surface area contributed by atoms with Crippen molar-refractivity contribution in [3.8, 4) is 12.3 Å². The van der Waals surface area contributed by atoms with Crippen molar-refractivity contribution in [2.75, 3.05) is 31.1 Å². The van der Waals surface area contributed by atoms with E-state index in [1.165, 1.54) is 4.90 Å². The summed E-state index contributed by atoms with van der Waals surface area (Å²) in [4.78, 5) is 23.4. The molecule has 0 spiro atoms. The molecule has 2 N–H and O–H groups in total. The van der Waals surface area contributed by atoms with Crippen LogP contribution in [-0.2, 0) is 4.79 Å². The lowest BCUT2D eigenvalue weighted by Gasteiger charge is -2.36. The van der Waals surface area contributed by atoms with Crippen molar-refractivity contribution in [2.24, 2.45) is 5.92 Å². The molecule has 88 valence electrons. The Morgan fingerprint density at radius 1 is 1.56 bits per heavy atom. The van der Waals surface area contributed by atoms with Crippen LogP contribution in [0, 0.1) is 18.3 Å². The van der Waals surface area contributed by atoms with Gasteiger partial charge in [0.25, 0.3) is 0 Å². The molecular formula is C10H14N2O3S. The number of aliphatic carboxylic acids is 1. The van der Waals surface area contributed by atoms with Crippen LogP contribution in [0.25, 0.3) is 0 Å². The first-order chi connectivity index (χ1) is 7.65. The molecule has 0 unspecified atom stereocenters. The minimum Gasteiger partial charge on any atom is -0.481 e. The van der Waals surface area contributed by atoms with Gasteiger partial charge in [-0.05, 0) is 0 Å². The van der Waals surface area contributed by atoms with E-state index in [-0.39, 0.29) is 6.03 Å². The fraction of sp³-hybridized carbons (Fsp3) is 0.600. The van der Waals surface area contributed by atoms with Gasteiger partial charge in [0.1, 0.15) is 0 Å². The lowest BCUT2D eigenvalue weighted by molar-refractivity contribution is -0.146. The van der Waals surface area contributed by atoms with Gasteiger partial charge in [-0.15, -0.1) is 18.2 Å². The molecule has 2 amide bonds. The highest BCUT2D eigenvalue weighted by atomic mass is 32.2. The Bertz CT molecular complexity index is 308. The highest BCUT2D eigenvalue weighted by Crippen LogP contribution is 2.15. The summed E-state index contributed by atoms with van der Waals surface area (Å²) >= 11 is 1.57. The first-order valence-corrected chi connectivity index (χ1v) is 6.07. The molecule has 6 heteroatoms. The zero-order chi connectivity index (χ0) is 12.0. The summed E-state index contributed by atoms with van der Waals surface area (Å²) in [5.41, 5.74) is 0. The summed E-state index contributed by atoms with van der Waals surface area (Å²) in [6.07, 6.45) is 5.07. The van der Waals surface area contributed by atoms with Crippen LogP contribution in [-0.4, -0.2) is 53.1 Å². The van der Waals surface area contributed by atoms with Gasteiger partial charge in [0.05, 0.1) is 11.7 Å². The Labute approximate surface area is 98.6 Å². The number of urea groups is 1. The Balaban J connectivity index is 2.05. The van der Waals surface area contributed by atoms with E-state index >= 15 is 0 Å². The van der Waals surface area contributed by atoms with E-state index in [1.807, 2.05) is 0 Å². The molecule has 0 aromatic rings. The summed E-state index contributed by atoms with van der Waals surface area (Å²) in [6, 6.07) is -0.196. The van der Waals surface area contributed by atoms with Crippen LogP contribution in [0.2, 0.25) is 0 Å². The smallest absolute Gasteiger partial charge is 0.317 e. The number of carboxylic acids is 1. The van der Waals surface area contributed by atoms with Crippen LogP contribution in [0.5, 0.6) is 0 Å². The molecule has 1 heterocycles. The molecule has 0 saturated carbocycles. The predicted molar refractivity (Wildman–Crippen MR) is 62.3 cm³/mol. The molecule has 0 atom stereocenters. The maximum absolute atomic E-state index is 11.4. The monoisotopic (exact) mass is 242 g/mol. The van der Waals surface area contributed by atoms with Crippen molar-refractivity contribution in [3.63, 3.8) is 0 Å². The van der Waals surface area contributed by atoms with Gasteiger partial charge in [0.15, 0.2) is 0 Å². The molecule has 1 rings (SSSR count). The number of hydrogen-bond acceptors (Lipinski definition) is 3. The van der Waals surface area contributed by atoms with Gasteiger partial charge in [0, 0.05) is 25.4 Å². The van der Waals surface area contributed by atoms with Gasteiger partial charge in [-0.1, -0.05) is 5.92 Å². The van der Waals surface area contributed by atoms with Crippen LogP contribution in [0.15, 0.2) is 0 Å². The average Bonchev–Trinajstić information content (AvgIpc) is 2.14. The van der Waals surface area contributed by atoms with E-state index in [0.717, 1.165) is 5.75 Å². The normalized spacial score (nSPS) is 15.1. The van der Waals surface area contributed by atoms with Crippen molar-refractivity contribution in [1.29, 1.82) is 0 Å². The van der Waals surface area contributed by atoms with E-state index < -0.39 is 11.9 Å². The van der Waals surface area contributed by atoms with Crippen LogP contribution in [0.3, 0.4) is 0 Å². The molecule has 1 saturated heterocycles. The summed E-state index contributed by atoms with van der Waals surface area (Å²) in [7, 11) is 0. The molecule has 0 aromatic carbocycles. The minimum absolute atomic E-state index is 0.196. The lowest BCUT2D eigenvalue weighted by Crippen LogP contribution is -2.56. The molecule has 0 radical (unpaired) electrons. The van der Waals surface area contributed by atoms with Crippen LogP contribution >= 0.6 is 11.8 Å². The summed E-state index contributed by atoms with van der Waals surface area (Å²) < 4.78 is 0. The second-order valence-electron chi connectivity index (χ2n) is 3.43. The van der Waals surface area contributed by atoms with E-state index in [1.54, 1.807) is 11.8 Å². The van der Waals surface area contributed by atoms with Crippen molar-refractivity contribution in [1.82, 2.24) is 10.2 Å². The van der Waals surface area contributed by atoms with E-state index in [4.69, 9.17) is 11.5 Å². The van der Waals surface area contributed by atoms with Crippen molar-refractivity contribution < 1.29 is 14.7 Å². The zero-order valence-electron chi connectivity index (χ0n) is 8.81. The first-order valence-electron chi connectivity index (χ1n) is 4.92. The number of thioether (sulfide) groups is 1. The number of carbonyl (C=O) groups is 2. The maximum atomic E-state index is 11.4. The maximum Gasteiger partial charge on any atom is 0.317 e. The standard InChI is InChI=1S/C10H14N2O3S/c1-2-4-16-5-3-11-10(15)12-6-8(7-12)9(13)14/h1,8H,3-7H2,(H,11,15)(H,13,14). The second-order valence-corrected chi connectivity index (χ2v) is 4.53. The predicted octanol–water partition coefficient (Wildman–Crippen LogP) is 0.0788. The first kappa shape index (κ1) is 12.7. The van der Waals surface area contributed by atoms with Crippen molar-refractivity contribution in [3.05, 3.63) is 0 Å². The number of carbonyl (C=O) groups excluding carboxylic acids is 1. The highest BCUT2D eigenvalue weighted by Gasteiger charge is 2.35. The van der Waals surface area contributed by atoms with Crippen LogP contribution in [0.1, 0.15) is 0 Å². The van der Waals surface area contributed by atoms with Crippen molar-refractivity contribution >= 4 is 23.8 Å². The molecule has 0 aromatic heterocycles. The van der Waals surface area contributed by atoms with Gasteiger partial charge in [-0.2, -0.15) is 0 Å². The number of likely N-dealkylation sites (tertiary alicyclic amines) is 1. The fourth-order valence-corrected chi connectivity index (χ4v) is 1.78. The van der Waals surface area contributed by atoms with E-state index in [9.17, 15) is 9.59 Å². The molecule has 1 fully saturated rings. The van der Waals surface area contributed by atoms with Gasteiger partial charge in [-0.3, -0.25) is 4.79 Å². The lowest BCUT2D eigenvalue weighted by atomic mass is 10.0. The molecule has 5 nitrogen and oxygen atoms in total. The second kappa shape index (κ2) is 6.28. The molecule has 0 bridgehead atoms. The zero-order valence-corrected chi connectivity index (χ0v) is 9.63. The third kappa shape index (κ3) is 3.66. The molecule has 1 aliphatic rings. The van der Waals surface area contributed by atoms with Gasteiger partial charge >= 0.3 is 12.0 Å². The number of nitrogens with zero attached hydrogens (tertiary/aromatic N) is 1. The minimum atomic E-state index is -0.839. The third-order valence-electron chi connectivity index (χ3n) is 2.23. The molecule has 0 aliphatic carbocycles. The number of amides is 2. The summed E-state index contributed by atoms with van der Waals surface area (Å²) in [6.45, 7) is 1.16. The average molecular weight is 242 g/mol. The number of carboxylic acid groups (broad SMARTS) is 1. The molecule has 1 aliphatic heterocycles. The summed E-state index contributed by atoms with van der Waals surface area (Å²) in [5, 5.41) is 11.3. The van der Waals surface area contributed by atoms with Crippen LogP contribution < -0.4 is 5.32 Å². The molecule has 16 heavy (non-hydrogen) atoms. The van der Waals surface area contributed by atoms with Gasteiger partial charge in [0.2, 0.25) is 0 Å². The van der Waals surface area contributed by atoms with Gasteiger partial charge in [-0.25, -0.2) is 4.79 Å². The fourth-order valence-electron chi connectivity index (χ4n) is 1.27. The summed E-state index contributed by atoms with van der Waals surface area (Å²) in [5.74, 6) is 2.66. The van der Waals surface area contributed by atoms with Crippen molar-refractivity contribution in [2.45, 2.75) is 0 Å². The Kier molecular flexibility index (Phi) is 4.99. The number of terminal acetylenes is 1. The van der Waals surface area contributed by atoms with E-state index in [2.05, 4.69) is 11.2 Å². The number of hydrogen-bond donors (Lipinski definition) is 2. The Hall–Kier alpha value is -1.35. The van der Waals surface area contributed by atoms with Gasteiger partial charge < -0.3 is 15.3 Å². The Morgan fingerprint density at radius 3 is 2.81 bits per heavy atom. The van der Waals surface area contributed by atoms with Crippen LogP contribution in [0.4, 0.5) is 4.79 Å². The molecular weight excluding hydrogens is 228 g/mol. The SMILES string of the molecule is C#CCSCCNC(=O)N1CC(C(=O)O)C1. The number of nitrogens with one attached hydrogen (secondary N) is 1. The topological polar surface area (TPSA) is 69.6 Å². The number of rotatable bonds is 5. The third-order valence-corrected chi connectivity index (χ3v) is 3.09. The quantitative estimate of drug-likeness (QED) is 0.529.